The normalized spacial score (nSPS) is 34.1. The molecule has 0 radical (unpaired) electrons. The molecule has 0 aromatic carbocycles. The molecular weight excluding hydrogens is 172 g/mol. The zero-order valence-corrected chi connectivity index (χ0v) is 9.77. The van der Waals surface area contributed by atoms with Crippen LogP contribution in [-0.4, -0.2) is 25.2 Å². The maximum Gasteiger partial charge on any atom is 0.00821 e. The molecule has 1 saturated heterocycles. The lowest BCUT2D eigenvalue weighted by Crippen LogP contribution is -2.51. The predicted molar refractivity (Wildman–Crippen MR) is 60.4 cm³/mol. The van der Waals surface area contributed by atoms with Crippen molar-refractivity contribution >= 4 is 0 Å². The Labute approximate surface area is 87.8 Å². The molecule has 0 aromatic rings. The molecule has 2 atom stereocenters. The second-order valence-corrected chi connectivity index (χ2v) is 5.98. The van der Waals surface area contributed by atoms with Crippen molar-refractivity contribution in [3.63, 3.8) is 0 Å². The minimum absolute atomic E-state index is 0.602. The summed E-state index contributed by atoms with van der Waals surface area (Å²) in [6.45, 7) is 9.51. The molecule has 2 unspecified atom stereocenters. The highest BCUT2D eigenvalue weighted by Gasteiger charge is 2.37. The van der Waals surface area contributed by atoms with Gasteiger partial charge in [-0.15, -0.1) is 0 Å². The standard InChI is InChI=1S/C12H24N2/c1-9(10-4-5-13-8-10)14-11-6-12(2,3)7-11/h9-11,13-14H,4-8H2,1-3H3. The Morgan fingerprint density at radius 1 is 1.36 bits per heavy atom. The summed E-state index contributed by atoms with van der Waals surface area (Å²) in [4.78, 5) is 0. The molecule has 1 aliphatic heterocycles. The summed E-state index contributed by atoms with van der Waals surface area (Å²) in [5.41, 5.74) is 0.602. The van der Waals surface area contributed by atoms with E-state index in [0.29, 0.717) is 11.5 Å². The average molecular weight is 196 g/mol. The first-order valence-electron chi connectivity index (χ1n) is 6.04. The van der Waals surface area contributed by atoms with Gasteiger partial charge in [-0.1, -0.05) is 13.8 Å². The summed E-state index contributed by atoms with van der Waals surface area (Å²) in [6.07, 6.45) is 4.07. The fourth-order valence-electron chi connectivity index (χ4n) is 3.00. The second kappa shape index (κ2) is 3.82. The smallest absolute Gasteiger partial charge is 0.00821 e. The minimum atomic E-state index is 0.602. The quantitative estimate of drug-likeness (QED) is 0.719. The van der Waals surface area contributed by atoms with E-state index in [2.05, 4.69) is 31.4 Å². The Kier molecular flexibility index (Phi) is 2.85. The van der Waals surface area contributed by atoms with Gasteiger partial charge in [-0.25, -0.2) is 0 Å². The van der Waals surface area contributed by atoms with Gasteiger partial charge in [0, 0.05) is 12.1 Å². The fraction of sp³-hybridized carbons (Fsp3) is 1.00. The SMILES string of the molecule is CC(NC1CC(C)(C)C1)C1CCNC1. The molecular formula is C12H24N2. The van der Waals surface area contributed by atoms with Gasteiger partial charge in [-0.2, -0.15) is 0 Å². The first-order chi connectivity index (χ1) is 6.57. The van der Waals surface area contributed by atoms with Gasteiger partial charge >= 0.3 is 0 Å². The van der Waals surface area contributed by atoms with Crippen molar-refractivity contribution in [3.05, 3.63) is 0 Å². The number of rotatable bonds is 3. The van der Waals surface area contributed by atoms with Crippen molar-refractivity contribution < 1.29 is 0 Å². The summed E-state index contributed by atoms with van der Waals surface area (Å²) in [7, 11) is 0. The van der Waals surface area contributed by atoms with E-state index in [1.807, 2.05) is 0 Å². The van der Waals surface area contributed by atoms with E-state index in [9.17, 15) is 0 Å². The van der Waals surface area contributed by atoms with Gasteiger partial charge in [-0.3, -0.25) is 0 Å². The Balaban J connectivity index is 1.70. The lowest BCUT2D eigenvalue weighted by molar-refractivity contribution is 0.111. The minimum Gasteiger partial charge on any atom is -0.316 e. The van der Waals surface area contributed by atoms with Gasteiger partial charge in [0.2, 0.25) is 0 Å². The van der Waals surface area contributed by atoms with Gasteiger partial charge in [0.05, 0.1) is 0 Å². The fourth-order valence-corrected chi connectivity index (χ4v) is 3.00. The monoisotopic (exact) mass is 196 g/mol. The average Bonchev–Trinajstić information content (AvgIpc) is 2.51. The van der Waals surface area contributed by atoms with Crippen molar-refractivity contribution in [1.82, 2.24) is 10.6 Å². The van der Waals surface area contributed by atoms with E-state index in [-0.39, 0.29) is 0 Å². The van der Waals surface area contributed by atoms with Crippen LogP contribution in [0.2, 0.25) is 0 Å². The van der Waals surface area contributed by atoms with Gasteiger partial charge in [0.25, 0.3) is 0 Å². The molecule has 0 aromatic heterocycles. The third-order valence-electron chi connectivity index (χ3n) is 3.90. The molecule has 2 nitrogen and oxygen atoms in total. The third kappa shape index (κ3) is 2.29. The predicted octanol–water partition coefficient (Wildman–Crippen LogP) is 1.76. The molecule has 14 heavy (non-hydrogen) atoms. The maximum absolute atomic E-state index is 3.77. The zero-order chi connectivity index (χ0) is 10.2. The van der Waals surface area contributed by atoms with E-state index in [1.54, 1.807) is 0 Å². The van der Waals surface area contributed by atoms with E-state index >= 15 is 0 Å². The van der Waals surface area contributed by atoms with Crippen LogP contribution in [0.1, 0.15) is 40.0 Å². The van der Waals surface area contributed by atoms with Crippen LogP contribution >= 0.6 is 0 Å². The largest absolute Gasteiger partial charge is 0.316 e. The maximum atomic E-state index is 3.77. The van der Waals surface area contributed by atoms with Crippen LogP contribution in [0.5, 0.6) is 0 Å². The second-order valence-electron chi connectivity index (χ2n) is 5.98. The summed E-state index contributed by atoms with van der Waals surface area (Å²) in [6, 6.07) is 1.49. The highest BCUT2D eigenvalue weighted by atomic mass is 15.0. The Bertz CT molecular complexity index is 186. The van der Waals surface area contributed by atoms with E-state index < -0.39 is 0 Å². The summed E-state index contributed by atoms with van der Waals surface area (Å²) in [5.74, 6) is 0.860. The van der Waals surface area contributed by atoms with Crippen molar-refractivity contribution in [2.45, 2.75) is 52.1 Å². The number of hydrogen-bond donors (Lipinski definition) is 2. The van der Waals surface area contributed by atoms with Crippen LogP contribution in [-0.2, 0) is 0 Å². The van der Waals surface area contributed by atoms with Gasteiger partial charge in [0.1, 0.15) is 0 Å². The third-order valence-corrected chi connectivity index (χ3v) is 3.90. The molecule has 82 valence electrons. The molecule has 2 aliphatic rings. The van der Waals surface area contributed by atoms with Crippen LogP contribution in [0.25, 0.3) is 0 Å². The molecule has 1 aliphatic carbocycles. The van der Waals surface area contributed by atoms with Gasteiger partial charge in [-0.05, 0) is 50.6 Å². The highest BCUT2D eigenvalue weighted by Crippen LogP contribution is 2.40. The molecule has 2 fully saturated rings. The van der Waals surface area contributed by atoms with Crippen molar-refractivity contribution in [2.75, 3.05) is 13.1 Å². The molecule has 0 amide bonds. The Hall–Kier alpha value is -0.0800. The Morgan fingerprint density at radius 2 is 2.07 bits per heavy atom. The Morgan fingerprint density at radius 3 is 2.57 bits per heavy atom. The lowest BCUT2D eigenvalue weighted by Gasteiger charge is -2.45. The highest BCUT2D eigenvalue weighted by molar-refractivity contribution is 4.94. The molecule has 0 bridgehead atoms. The zero-order valence-electron chi connectivity index (χ0n) is 9.77. The van der Waals surface area contributed by atoms with E-state index in [4.69, 9.17) is 0 Å². The van der Waals surface area contributed by atoms with Crippen molar-refractivity contribution in [1.29, 1.82) is 0 Å². The van der Waals surface area contributed by atoms with Gasteiger partial charge < -0.3 is 10.6 Å². The summed E-state index contributed by atoms with van der Waals surface area (Å²) >= 11 is 0. The van der Waals surface area contributed by atoms with Crippen molar-refractivity contribution in [2.24, 2.45) is 11.3 Å². The van der Waals surface area contributed by atoms with Crippen LogP contribution < -0.4 is 10.6 Å². The van der Waals surface area contributed by atoms with Crippen LogP contribution in [0.4, 0.5) is 0 Å². The topological polar surface area (TPSA) is 24.1 Å². The van der Waals surface area contributed by atoms with E-state index in [1.165, 1.54) is 32.4 Å². The number of hydrogen-bond acceptors (Lipinski definition) is 2. The molecule has 1 saturated carbocycles. The molecule has 2 rings (SSSR count). The molecule has 1 heterocycles. The molecule has 2 N–H and O–H groups in total. The molecule has 2 heteroatoms. The van der Waals surface area contributed by atoms with E-state index in [0.717, 1.165) is 12.0 Å². The first kappa shape index (κ1) is 10.4. The van der Waals surface area contributed by atoms with Gasteiger partial charge in [0.15, 0.2) is 0 Å². The van der Waals surface area contributed by atoms with Crippen LogP contribution in [0.15, 0.2) is 0 Å². The molecule has 0 spiro atoms. The van der Waals surface area contributed by atoms with Crippen LogP contribution in [0.3, 0.4) is 0 Å². The lowest BCUT2D eigenvalue weighted by atomic mass is 9.68. The van der Waals surface area contributed by atoms with Crippen molar-refractivity contribution in [3.8, 4) is 0 Å². The first-order valence-corrected chi connectivity index (χ1v) is 6.04. The summed E-state index contributed by atoms with van der Waals surface area (Å²) < 4.78 is 0. The summed E-state index contributed by atoms with van der Waals surface area (Å²) in [5, 5.41) is 7.21. The number of nitrogens with one attached hydrogen (secondary N) is 2. The van der Waals surface area contributed by atoms with Crippen LogP contribution in [0, 0.1) is 11.3 Å².